The van der Waals surface area contributed by atoms with Gasteiger partial charge < -0.3 is 5.32 Å². The van der Waals surface area contributed by atoms with Crippen molar-refractivity contribution in [3.8, 4) is 0 Å². The van der Waals surface area contributed by atoms with Gasteiger partial charge in [0.2, 0.25) is 0 Å². The van der Waals surface area contributed by atoms with E-state index in [-0.39, 0.29) is 11.1 Å². The predicted molar refractivity (Wildman–Crippen MR) is 84.4 cm³/mol. The SMILES string of the molecule is CCCCc1ccccc1NC(=O)c1ccccc1C(F)F. The number of hydrogen-bond acceptors (Lipinski definition) is 1. The van der Waals surface area contributed by atoms with E-state index in [1.165, 1.54) is 18.2 Å². The van der Waals surface area contributed by atoms with Gasteiger partial charge in [-0.15, -0.1) is 0 Å². The molecule has 0 aliphatic rings. The molecule has 2 nitrogen and oxygen atoms in total. The first kappa shape index (κ1) is 16.1. The first-order valence-electron chi connectivity index (χ1n) is 7.39. The molecule has 0 fully saturated rings. The number of anilines is 1. The molecule has 0 atom stereocenters. The van der Waals surface area contributed by atoms with Gasteiger partial charge in [-0.05, 0) is 30.5 Å². The Hall–Kier alpha value is -2.23. The first-order valence-corrected chi connectivity index (χ1v) is 7.39. The van der Waals surface area contributed by atoms with E-state index >= 15 is 0 Å². The van der Waals surface area contributed by atoms with Crippen molar-refractivity contribution in [3.63, 3.8) is 0 Å². The maximum absolute atomic E-state index is 13.0. The van der Waals surface area contributed by atoms with E-state index in [0.717, 1.165) is 24.8 Å². The Morgan fingerprint density at radius 2 is 1.77 bits per heavy atom. The van der Waals surface area contributed by atoms with E-state index in [0.29, 0.717) is 5.69 Å². The molecule has 0 saturated heterocycles. The lowest BCUT2D eigenvalue weighted by Crippen LogP contribution is -2.15. The lowest BCUT2D eigenvalue weighted by Gasteiger charge is -2.13. The summed E-state index contributed by atoms with van der Waals surface area (Å²) in [6.45, 7) is 2.10. The molecule has 22 heavy (non-hydrogen) atoms. The van der Waals surface area contributed by atoms with Crippen molar-refractivity contribution in [2.45, 2.75) is 32.6 Å². The van der Waals surface area contributed by atoms with Crippen LogP contribution in [0.3, 0.4) is 0 Å². The minimum absolute atomic E-state index is 0.0165. The van der Waals surface area contributed by atoms with Crippen LogP contribution in [0.15, 0.2) is 48.5 Å². The summed E-state index contributed by atoms with van der Waals surface area (Å²) in [4.78, 5) is 12.3. The number of halogens is 2. The fourth-order valence-electron chi connectivity index (χ4n) is 2.31. The van der Waals surface area contributed by atoms with Crippen LogP contribution in [0.25, 0.3) is 0 Å². The third-order valence-corrected chi connectivity index (χ3v) is 3.51. The van der Waals surface area contributed by atoms with Crippen molar-refractivity contribution in [1.82, 2.24) is 0 Å². The van der Waals surface area contributed by atoms with Gasteiger partial charge in [0.1, 0.15) is 0 Å². The Bertz CT molecular complexity index is 640. The normalized spacial score (nSPS) is 10.7. The molecular weight excluding hydrogens is 284 g/mol. The summed E-state index contributed by atoms with van der Waals surface area (Å²) in [7, 11) is 0. The fraction of sp³-hybridized carbons (Fsp3) is 0.278. The van der Waals surface area contributed by atoms with E-state index in [1.54, 1.807) is 12.1 Å². The maximum Gasteiger partial charge on any atom is 0.264 e. The molecule has 2 rings (SSSR count). The van der Waals surface area contributed by atoms with E-state index in [4.69, 9.17) is 0 Å². The van der Waals surface area contributed by atoms with Crippen molar-refractivity contribution < 1.29 is 13.6 Å². The van der Waals surface area contributed by atoms with Crippen molar-refractivity contribution >= 4 is 11.6 Å². The zero-order valence-electron chi connectivity index (χ0n) is 12.5. The van der Waals surface area contributed by atoms with E-state index in [9.17, 15) is 13.6 Å². The lowest BCUT2D eigenvalue weighted by atomic mass is 10.0. The van der Waals surface area contributed by atoms with Gasteiger partial charge in [-0.2, -0.15) is 0 Å². The number of carbonyl (C=O) groups is 1. The highest BCUT2D eigenvalue weighted by molar-refractivity contribution is 6.05. The Balaban J connectivity index is 2.23. The van der Waals surface area contributed by atoms with Crippen LogP contribution in [0.4, 0.5) is 14.5 Å². The molecule has 116 valence electrons. The molecule has 0 aliphatic heterocycles. The molecule has 1 amide bonds. The second kappa shape index (κ2) is 7.69. The van der Waals surface area contributed by atoms with Gasteiger partial charge in [-0.25, -0.2) is 8.78 Å². The molecule has 0 unspecified atom stereocenters. The third kappa shape index (κ3) is 3.91. The minimum atomic E-state index is -2.67. The Labute approximate surface area is 129 Å². The number of nitrogens with one attached hydrogen (secondary N) is 1. The summed E-state index contributed by atoms with van der Waals surface area (Å²) in [5.41, 5.74) is 1.48. The fourth-order valence-corrected chi connectivity index (χ4v) is 2.31. The molecular formula is C18H19F2NO. The van der Waals surface area contributed by atoms with Gasteiger partial charge >= 0.3 is 0 Å². The topological polar surface area (TPSA) is 29.1 Å². The van der Waals surface area contributed by atoms with Crippen molar-refractivity contribution in [2.24, 2.45) is 0 Å². The average molecular weight is 303 g/mol. The second-order valence-corrected chi connectivity index (χ2v) is 5.10. The highest BCUT2D eigenvalue weighted by Gasteiger charge is 2.18. The van der Waals surface area contributed by atoms with E-state index in [2.05, 4.69) is 12.2 Å². The monoisotopic (exact) mass is 303 g/mol. The smallest absolute Gasteiger partial charge is 0.264 e. The standard InChI is InChI=1S/C18H19F2NO/c1-2-3-8-13-9-4-7-12-16(13)21-18(22)15-11-6-5-10-14(15)17(19)20/h4-7,9-12,17H,2-3,8H2,1H3,(H,21,22). The molecule has 0 radical (unpaired) electrons. The third-order valence-electron chi connectivity index (χ3n) is 3.51. The number of aryl methyl sites for hydroxylation is 1. The molecule has 0 bridgehead atoms. The quantitative estimate of drug-likeness (QED) is 0.779. The number of alkyl halides is 2. The summed E-state index contributed by atoms with van der Waals surface area (Å²) >= 11 is 0. The molecule has 0 saturated carbocycles. The zero-order valence-corrected chi connectivity index (χ0v) is 12.5. The number of hydrogen-bond donors (Lipinski definition) is 1. The highest BCUT2D eigenvalue weighted by Crippen LogP contribution is 2.24. The Morgan fingerprint density at radius 3 is 2.50 bits per heavy atom. The Kier molecular flexibility index (Phi) is 5.64. The van der Waals surface area contributed by atoms with Gasteiger partial charge in [0.25, 0.3) is 12.3 Å². The van der Waals surface area contributed by atoms with Crippen LogP contribution in [0.5, 0.6) is 0 Å². The number of amides is 1. The molecule has 0 aromatic heterocycles. The van der Waals surface area contributed by atoms with Crippen LogP contribution in [0, 0.1) is 0 Å². The highest BCUT2D eigenvalue weighted by atomic mass is 19.3. The van der Waals surface area contributed by atoms with Gasteiger partial charge in [-0.3, -0.25) is 4.79 Å². The second-order valence-electron chi connectivity index (χ2n) is 5.10. The molecule has 0 heterocycles. The van der Waals surface area contributed by atoms with Gasteiger partial charge in [0.05, 0.1) is 0 Å². The lowest BCUT2D eigenvalue weighted by molar-refractivity contribution is 0.101. The summed E-state index contributed by atoms with van der Waals surface area (Å²) in [5.74, 6) is -0.500. The number of para-hydroxylation sites is 1. The number of unbranched alkanes of at least 4 members (excludes halogenated alkanes) is 1. The first-order chi connectivity index (χ1) is 10.6. The van der Waals surface area contributed by atoms with Gasteiger partial charge in [0.15, 0.2) is 0 Å². The van der Waals surface area contributed by atoms with Crippen molar-refractivity contribution in [2.75, 3.05) is 5.32 Å². The van der Waals surface area contributed by atoms with Crippen LogP contribution < -0.4 is 5.32 Å². The van der Waals surface area contributed by atoms with E-state index < -0.39 is 12.3 Å². The van der Waals surface area contributed by atoms with Crippen molar-refractivity contribution in [1.29, 1.82) is 0 Å². The van der Waals surface area contributed by atoms with Crippen LogP contribution in [-0.4, -0.2) is 5.91 Å². The Morgan fingerprint density at radius 1 is 1.09 bits per heavy atom. The summed E-state index contributed by atoms with van der Waals surface area (Å²) in [6.07, 6.45) is 0.248. The summed E-state index contributed by atoms with van der Waals surface area (Å²) < 4.78 is 26.0. The minimum Gasteiger partial charge on any atom is -0.322 e. The van der Waals surface area contributed by atoms with Gasteiger partial charge in [0, 0.05) is 16.8 Å². The summed E-state index contributed by atoms with van der Waals surface area (Å²) in [5, 5.41) is 2.76. The predicted octanol–water partition coefficient (Wildman–Crippen LogP) is 5.22. The van der Waals surface area contributed by atoms with Crippen LogP contribution in [0.1, 0.15) is 47.7 Å². The average Bonchev–Trinajstić information content (AvgIpc) is 2.54. The number of benzene rings is 2. The number of carbonyl (C=O) groups excluding carboxylic acids is 1. The molecule has 4 heteroatoms. The molecule has 1 N–H and O–H groups in total. The summed E-state index contributed by atoms with van der Waals surface area (Å²) in [6, 6.07) is 13.3. The molecule has 2 aromatic rings. The largest absolute Gasteiger partial charge is 0.322 e. The van der Waals surface area contributed by atoms with Crippen LogP contribution in [0.2, 0.25) is 0 Å². The molecule has 0 spiro atoms. The van der Waals surface area contributed by atoms with Gasteiger partial charge in [-0.1, -0.05) is 49.7 Å². The molecule has 2 aromatic carbocycles. The number of rotatable bonds is 6. The van der Waals surface area contributed by atoms with E-state index in [1.807, 2.05) is 18.2 Å². The zero-order chi connectivity index (χ0) is 15.9. The van der Waals surface area contributed by atoms with Crippen LogP contribution >= 0.6 is 0 Å². The van der Waals surface area contributed by atoms with Crippen LogP contribution in [-0.2, 0) is 6.42 Å². The van der Waals surface area contributed by atoms with Crippen molar-refractivity contribution in [3.05, 3.63) is 65.2 Å². The maximum atomic E-state index is 13.0. The molecule has 0 aliphatic carbocycles.